The first-order valence-electron chi connectivity index (χ1n) is 6.60. The second-order valence-electron chi connectivity index (χ2n) is 5.25. The highest BCUT2D eigenvalue weighted by Gasteiger charge is 2.31. The van der Waals surface area contributed by atoms with Crippen molar-refractivity contribution in [1.82, 2.24) is 9.80 Å². The summed E-state index contributed by atoms with van der Waals surface area (Å²) in [7, 11) is 0. The van der Waals surface area contributed by atoms with E-state index in [-0.39, 0.29) is 12.1 Å². The summed E-state index contributed by atoms with van der Waals surface area (Å²) in [6.07, 6.45) is 3.33. The Morgan fingerprint density at radius 1 is 1.06 bits per heavy atom. The van der Waals surface area contributed by atoms with Crippen LogP contribution in [0.1, 0.15) is 25.7 Å². The molecule has 0 spiro atoms. The molecule has 0 aromatic heterocycles. The Bertz CT molecular complexity index is 335. The van der Waals surface area contributed by atoms with Crippen molar-refractivity contribution in [3.05, 3.63) is 0 Å². The molecule has 2 amide bonds. The highest BCUT2D eigenvalue weighted by molar-refractivity contribution is 5.76. The van der Waals surface area contributed by atoms with Gasteiger partial charge in [0, 0.05) is 32.2 Å². The zero-order chi connectivity index (χ0) is 13.1. The van der Waals surface area contributed by atoms with E-state index in [0.717, 1.165) is 25.8 Å². The van der Waals surface area contributed by atoms with Crippen LogP contribution in [-0.2, 0) is 4.79 Å². The molecule has 2 heterocycles. The van der Waals surface area contributed by atoms with Crippen molar-refractivity contribution in [2.24, 2.45) is 11.7 Å². The zero-order valence-corrected chi connectivity index (χ0v) is 10.5. The number of carboxylic acid groups (broad SMARTS) is 1. The van der Waals surface area contributed by atoms with Crippen molar-refractivity contribution in [3.8, 4) is 0 Å². The van der Waals surface area contributed by atoms with Gasteiger partial charge in [-0.25, -0.2) is 4.79 Å². The number of nitrogens with zero attached hydrogens (tertiary/aromatic N) is 2. The van der Waals surface area contributed by atoms with Crippen LogP contribution in [0.25, 0.3) is 0 Å². The van der Waals surface area contributed by atoms with Crippen LogP contribution < -0.4 is 5.73 Å². The van der Waals surface area contributed by atoms with Crippen molar-refractivity contribution in [2.75, 3.05) is 26.2 Å². The third kappa shape index (κ3) is 2.93. The van der Waals surface area contributed by atoms with Crippen molar-refractivity contribution >= 4 is 12.0 Å². The van der Waals surface area contributed by atoms with Gasteiger partial charge in [0.1, 0.15) is 0 Å². The third-order valence-corrected chi connectivity index (χ3v) is 3.77. The molecule has 18 heavy (non-hydrogen) atoms. The van der Waals surface area contributed by atoms with Crippen LogP contribution in [0.4, 0.5) is 4.79 Å². The van der Waals surface area contributed by atoms with E-state index in [0.29, 0.717) is 26.1 Å². The molecule has 0 saturated carbocycles. The van der Waals surface area contributed by atoms with E-state index in [1.165, 1.54) is 0 Å². The monoisotopic (exact) mass is 255 g/mol. The molecule has 0 aromatic carbocycles. The second kappa shape index (κ2) is 5.56. The fourth-order valence-electron chi connectivity index (χ4n) is 2.74. The standard InChI is InChI=1S/C12H21N3O3/c13-10-4-2-6-15(8-10)12(18)14-5-1-3-9(7-14)11(16)17/h9-10H,1-8,13H2,(H,16,17)/t9-,10?/m1/s1. The third-order valence-electron chi connectivity index (χ3n) is 3.77. The molecule has 0 radical (unpaired) electrons. The molecule has 102 valence electrons. The summed E-state index contributed by atoms with van der Waals surface area (Å²) in [6, 6.07) is 0.0128. The van der Waals surface area contributed by atoms with Crippen LogP contribution in [0.3, 0.4) is 0 Å². The lowest BCUT2D eigenvalue weighted by molar-refractivity contribution is -0.143. The number of hydrogen-bond donors (Lipinski definition) is 2. The number of piperidine rings is 2. The molecule has 2 aliphatic rings. The summed E-state index contributed by atoms with van der Waals surface area (Å²) in [5.74, 6) is -1.22. The Morgan fingerprint density at radius 2 is 1.67 bits per heavy atom. The van der Waals surface area contributed by atoms with Crippen molar-refractivity contribution in [3.63, 3.8) is 0 Å². The molecule has 2 fully saturated rings. The number of likely N-dealkylation sites (tertiary alicyclic amines) is 2. The Labute approximate surface area is 107 Å². The SMILES string of the molecule is NC1CCCN(C(=O)N2CCC[C@@H](C(=O)O)C2)C1. The van der Waals surface area contributed by atoms with E-state index >= 15 is 0 Å². The maximum Gasteiger partial charge on any atom is 0.320 e. The number of aliphatic carboxylic acids is 1. The largest absolute Gasteiger partial charge is 0.481 e. The maximum atomic E-state index is 12.3. The first kappa shape index (κ1) is 13.1. The zero-order valence-electron chi connectivity index (χ0n) is 10.5. The summed E-state index contributed by atoms with van der Waals surface area (Å²) in [4.78, 5) is 26.7. The number of rotatable bonds is 1. The van der Waals surface area contributed by atoms with Crippen LogP contribution in [0.5, 0.6) is 0 Å². The molecule has 2 atom stereocenters. The molecule has 2 saturated heterocycles. The maximum absolute atomic E-state index is 12.3. The van der Waals surface area contributed by atoms with Crippen LogP contribution >= 0.6 is 0 Å². The number of amides is 2. The van der Waals surface area contributed by atoms with E-state index in [4.69, 9.17) is 10.8 Å². The van der Waals surface area contributed by atoms with Gasteiger partial charge in [-0.15, -0.1) is 0 Å². The van der Waals surface area contributed by atoms with E-state index in [1.54, 1.807) is 9.80 Å². The van der Waals surface area contributed by atoms with E-state index in [1.807, 2.05) is 0 Å². The van der Waals surface area contributed by atoms with Crippen LogP contribution in [0.15, 0.2) is 0 Å². The molecule has 3 N–H and O–H groups in total. The highest BCUT2D eigenvalue weighted by Crippen LogP contribution is 2.19. The lowest BCUT2D eigenvalue weighted by Gasteiger charge is -2.38. The van der Waals surface area contributed by atoms with Gasteiger partial charge in [0.25, 0.3) is 0 Å². The molecular weight excluding hydrogens is 234 g/mol. The molecule has 2 rings (SSSR count). The summed E-state index contributed by atoms with van der Waals surface area (Å²) >= 11 is 0. The van der Waals surface area contributed by atoms with Gasteiger partial charge in [-0.3, -0.25) is 4.79 Å². The number of hydrogen-bond acceptors (Lipinski definition) is 3. The number of carbonyl (C=O) groups is 2. The van der Waals surface area contributed by atoms with Crippen molar-refractivity contribution in [2.45, 2.75) is 31.7 Å². The minimum Gasteiger partial charge on any atom is -0.481 e. The Morgan fingerprint density at radius 3 is 2.28 bits per heavy atom. The average molecular weight is 255 g/mol. The lowest BCUT2D eigenvalue weighted by atomic mass is 9.98. The fourth-order valence-corrected chi connectivity index (χ4v) is 2.74. The number of urea groups is 1. The molecule has 0 aromatic rings. The van der Waals surface area contributed by atoms with Crippen LogP contribution in [0, 0.1) is 5.92 Å². The topological polar surface area (TPSA) is 86.9 Å². The van der Waals surface area contributed by atoms with Gasteiger partial charge in [-0.1, -0.05) is 0 Å². The minimum absolute atomic E-state index is 0.0453. The Balaban J connectivity index is 1.93. The van der Waals surface area contributed by atoms with Crippen LogP contribution in [-0.4, -0.2) is 59.1 Å². The first-order chi connectivity index (χ1) is 8.58. The first-order valence-corrected chi connectivity index (χ1v) is 6.60. The molecule has 1 unspecified atom stereocenters. The van der Waals surface area contributed by atoms with Crippen molar-refractivity contribution in [1.29, 1.82) is 0 Å². The summed E-state index contributed by atoms with van der Waals surface area (Å²) in [6.45, 7) is 2.32. The minimum atomic E-state index is -0.803. The van der Waals surface area contributed by atoms with Crippen molar-refractivity contribution < 1.29 is 14.7 Å². The summed E-state index contributed by atoms with van der Waals surface area (Å²) in [5.41, 5.74) is 5.86. The molecule has 2 aliphatic heterocycles. The van der Waals surface area contributed by atoms with E-state index in [9.17, 15) is 9.59 Å². The van der Waals surface area contributed by atoms with Gasteiger partial charge in [0.15, 0.2) is 0 Å². The summed E-state index contributed by atoms with van der Waals surface area (Å²) < 4.78 is 0. The van der Waals surface area contributed by atoms with Crippen LogP contribution in [0.2, 0.25) is 0 Å². The Kier molecular flexibility index (Phi) is 4.06. The van der Waals surface area contributed by atoms with E-state index < -0.39 is 11.9 Å². The molecular formula is C12H21N3O3. The average Bonchev–Trinajstić information content (AvgIpc) is 2.38. The predicted octanol–water partition coefficient (Wildman–Crippen LogP) is 0.326. The number of carbonyl (C=O) groups excluding carboxylic acids is 1. The van der Waals surface area contributed by atoms with Gasteiger partial charge in [0.05, 0.1) is 5.92 Å². The fraction of sp³-hybridized carbons (Fsp3) is 0.833. The van der Waals surface area contributed by atoms with Gasteiger partial charge in [-0.05, 0) is 25.7 Å². The predicted molar refractivity (Wildman–Crippen MR) is 66.1 cm³/mol. The quantitative estimate of drug-likeness (QED) is 0.706. The Hall–Kier alpha value is -1.30. The number of carboxylic acids is 1. The van der Waals surface area contributed by atoms with Gasteiger partial charge in [-0.2, -0.15) is 0 Å². The van der Waals surface area contributed by atoms with Gasteiger partial charge >= 0.3 is 12.0 Å². The molecule has 0 bridgehead atoms. The summed E-state index contributed by atoms with van der Waals surface area (Å²) in [5, 5.41) is 9.02. The van der Waals surface area contributed by atoms with Gasteiger partial charge in [0.2, 0.25) is 0 Å². The number of nitrogens with two attached hydrogens (primary N) is 1. The highest BCUT2D eigenvalue weighted by atomic mass is 16.4. The normalized spacial score (nSPS) is 29.2. The smallest absolute Gasteiger partial charge is 0.320 e. The lowest BCUT2D eigenvalue weighted by Crippen LogP contribution is -2.53. The van der Waals surface area contributed by atoms with Gasteiger partial charge < -0.3 is 20.6 Å². The van der Waals surface area contributed by atoms with E-state index in [2.05, 4.69) is 0 Å². The second-order valence-corrected chi connectivity index (χ2v) is 5.25. The molecule has 6 heteroatoms. The molecule has 0 aliphatic carbocycles. The molecule has 6 nitrogen and oxygen atoms in total.